The average Bonchev–Trinajstić information content (AvgIpc) is 2.80. The van der Waals surface area contributed by atoms with Gasteiger partial charge in [-0.25, -0.2) is 0 Å². The standard InChI is InChI=1S/C31H50N.ClH/c1-3-4-5-6-7-8-9-10-11-12-13-14-15-22-27-32(2,28-30-23-18-16-19-24-30)29-31-25-20-17-21-26-31;/h16-21,23-26H,3-15,22,27-29H2,1-2H3;1H/q+1;/p-1. The summed E-state index contributed by atoms with van der Waals surface area (Å²) in [4.78, 5) is 0. The van der Waals surface area contributed by atoms with Crippen molar-refractivity contribution in [2.75, 3.05) is 13.6 Å². The normalized spacial score (nSPS) is 11.3. The lowest BCUT2D eigenvalue weighted by atomic mass is 10.0. The lowest BCUT2D eigenvalue weighted by molar-refractivity contribution is -0.935. The molecule has 0 amide bonds. The number of halogens is 1. The fourth-order valence-electron chi connectivity index (χ4n) is 4.95. The van der Waals surface area contributed by atoms with Gasteiger partial charge >= 0.3 is 0 Å². The number of rotatable bonds is 19. The Morgan fingerprint density at radius 2 is 0.818 bits per heavy atom. The summed E-state index contributed by atoms with van der Waals surface area (Å²) < 4.78 is 1.10. The zero-order valence-corrected chi connectivity index (χ0v) is 22.4. The molecule has 0 saturated heterocycles. The summed E-state index contributed by atoms with van der Waals surface area (Å²) in [5, 5.41) is 0. The zero-order valence-electron chi connectivity index (χ0n) is 21.6. The minimum atomic E-state index is 0. The van der Waals surface area contributed by atoms with Gasteiger partial charge in [0, 0.05) is 11.1 Å². The van der Waals surface area contributed by atoms with Crippen molar-refractivity contribution in [2.45, 2.75) is 110 Å². The van der Waals surface area contributed by atoms with E-state index in [0.29, 0.717) is 0 Å². The van der Waals surface area contributed by atoms with Crippen molar-refractivity contribution in [1.29, 1.82) is 0 Å². The summed E-state index contributed by atoms with van der Waals surface area (Å²) in [5.74, 6) is 0. The maximum absolute atomic E-state index is 2.45. The molecule has 0 aliphatic carbocycles. The lowest BCUT2D eigenvalue weighted by Gasteiger charge is -2.35. The van der Waals surface area contributed by atoms with Crippen LogP contribution in [0.25, 0.3) is 0 Å². The molecule has 186 valence electrons. The van der Waals surface area contributed by atoms with Gasteiger partial charge in [-0.2, -0.15) is 0 Å². The van der Waals surface area contributed by atoms with Crippen molar-refractivity contribution in [3.8, 4) is 0 Å². The van der Waals surface area contributed by atoms with Crippen molar-refractivity contribution in [1.82, 2.24) is 0 Å². The van der Waals surface area contributed by atoms with Gasteiger partial charge < -0.3 is 16.9 Å². The van der Waals surface area contributed by atoms with Gasteiger partial charge in [0.2, 0.25) is 0 Å². The monoisotopic (exact) mass is 471 g/mol. The Morgan fingerprint density at radius 3 is 1.18 bits per heavy atom. The molecule has 0 heterocycles. The second-order valence-electron chi connectivity index (χ2n) is 10.2. The van der Waals surface area contributed by atoms with Gasteiger partial charge in [0.05, 0.1) is 13.6 Å². The first-order valence-electron chi connectivity index (χ1n) is 13.6. The van der Waals surface area contributed by atoms with E-state index in [-0.39, 0.29) is 12.4 Å². The molecule has 0 aliphatic heterocycles. The molecule has 2 heteroatoms. The van der Waals surface area contributed by atoms with Gasteiger partial charge in [0.25, 0.3) is 0 Å². The van der Waals surface area contributed by atoms with Crippen LogP contribution in [-0.2, 0) is 13.1 Å². The third-order valence-corrected chi connectivity index (χ3v) is 6.87. The third kappa shape index (κ3) is 14.5. The Morgan fingerprint density at radius 1 is 0.485 bits per heavy atom. The van der Waals surface area contributed by atoms with Crippen LogP contribution in [0.1, 0.15) is 108 Å². The molecule has 0 aliphatic rings. The van der Waals surface area contributed by atoms with Crippen molar-refractivity contribution in [3.05, 3.63) is 71.8 Å². The van der Waals surface area contributed by atoms with Crippen molar-refractivity contribution in [2.24, 2.45) is 0 Å². The predicted octanol–water partition coefficient (Wildman–Crippen LogP) is 6.32. The van der Waals surface area contributed by atoms with Crippen LogP contribution in [0.2, 0.25) is 0 Å². The van der Waals surface area contributed by atoms with Gasteiger partial charge in [-0.3, -0.25) is 0 Å². The minimum absolute atomic E-state index is 0. The first-order chi connectivity index (χ1) is 15.7. The van der Waals surface area contributed by atoms with E-state index in [0.717, 1.165) is 17.6 Å². The van der Waals surface area contributed by atoms with Crippen LogP contribution in [0, 0.1) is 0 Å². The number of hydrogen-bond donors (Lipinski definition) is 0. The molecule has 2 aromatic carbocycles. The summed E-state index contributed by atoms with van der Waals surface area (Å²) in [6, 6.07) is 22.1. The smallest absolute Gasteiger partial charge is 0.104 e. The summed E-state index contributed by atoms with van der Waals surface area (Å²) in [5.41, 5.74) is 2.91. The van der Waals surface area contributed by atoms with Crippen LogP contribution >= 0.6 is 0 Å². The molecule has 0 aromatic heterocycles. The summed E-state index contributed by atoms with van der Waals surface area (Å²) in [7, 11) is 2.45. The maximum atomic E-state index is 2.45. The molecule has 33 heavy (non-hydrogen) atoms. The van der Waals surface area contributed by atoms with Crippen LogP contribution < -0.4 is 12.4 Å². The first kappa shape index (κ1) is 29.7. The van der Waals surface area contributed by atoms with Crippen molar-refractivity contribution < 1.29 is 16.9 Å². The molecule has 0 fully saturated rings. The number of hydrogen-bond acceptors (Lipinski definition) is 0. The number of nitrogens with zero attached hydrogens (tertiary/aromatic N) is 1. The second kappa shape index (κ2) is 19.0. The number of quaternary nitrogens is 1. The Hall–Kier alpha value is -1.31. The third-order valence-electron chi connectivity index (χ3n) is 6.87. The maximum Gasteiger partial charge on any atom is 0.104 e. The average molecular weight is 472 g/mol. The van der Waals surface area contributed by atoms with Crippen molar-refractivity contribution in [3.63, 3.8) is 0 Å². The number of unbranched alkanes of at least 4 members (excludes halogenated alkanes) is 13. The van der Waals surface area contributed by atoms with E-state index in [9.17, 15) is 0 Å². The molecule has 1 nitrogen and oxygen atoms in total. The Labute approximate surface area is 212 Å². The van der Waals surface area contributed by atoms with E-state index in [1.54, 1.807) is 0 Å². The molecule has 0 bridgehead atoms. The molecule has 2 rings (SSSR count). The molecule has 0 atom stereocenters. The highest BCUT2D eigenvalue weighted by Crippen LogP contribution is 2.20. The SMILES string of the molecule is CCCCCCCCCCCCCCCC[N+](C)(Cc1ccccc1)Cc1ccccc1.[Cl-]. The molecular weight excluding hydrogens is 422 g/mol. The van der Waals surface area contributed by atoms with Crippen LogP contribution in [0.4, 0.5) is 0 Å². The quantitative estimate of drug-likeness (QED) is 0.166. The van der Waals surface area contributed by atoms with Gasteiger partial charge in [-0.05, 0) is 12.8 Å². The van der Waals surface area contributed by atoms with Crippen LogP contribution in [0.15, 0.2) is 60.7 Å². The summed E-state index contributed by atoms with van der Waals surface area (Å²) in [6.45, 7) is 5.80. The van der Waals surface area contributed by atoms with E-state index in [2.05, 4.69) is 74.6 Å². The highest BCUT2D eigenvalue weighted by atomic mass is 35.5. The van der Waals surface area contributed by atoms with E-state index in [1.807, 2.05) is 0 Å². The Kier molecular flexibility index (Phi) is 17.2. The Balaban J connectivity index is 0.00000544. The molecule has 2 aromatic rings. The van der Waals surface area contributed by atoms with Crippen molar-refractivity contribution >= 4 is 0 Å². The van der Waals surface area contributed by atoms with E-state index in [4.69, 9.17) is 0 Å². The van der Waals surface area contributed by atoms with Crippen LogP contribution in [0.5, 0.6) is 0 Å². The first-order valence-corrected chi connectivity index (χ1v) is 13.6. The zero-order chi connectivity index (χ0) is 22.7. The topological polar surface area (TPSA) is 0 Å². The molecule has 0 spiro atoms. The van der Waals surface area contributed by atoms with E-state index < -0.39 is 0 Å². The lowest BCUT2D eigenvalue weighted by Crippen LogP contribution is -3.00. The van der Waals surface area contributed by atoms with E-state index in [1.165, 1.54) is 108 Å². The highest BCUT2D eigenvalue weighted by molar-refractivity contribution is 5.15. The van der Waals surface area contributed by atoms with Gasteiger partial charge in [-0.1, -0.05) is 145 Å². The molecular formula is C31H50ClN. The summed E-state index contributed by atoms with van der Waals surface area (Å²) in [6.07, 6.45) is 20.0. The highest BCUT2D eigenvalue weighted by Gasteiger charge is 2.22. The van der Waals surface area contributed by atoms with Gasteiger partial charge in [0.15, 0.2) is 0 Å². The molecule has 0 N–H and O–H groups in total. The van der Waals surface area contributed by atoms with Crippen LogP contribution in [0.3, 0.4) is 0 Å². The Bertz CT molecular complexity index is 628. The largest absolute Gasteiger partial charge is 1.00 e. The van der Waals surface area contributed by atoms with Gasteiger partial charge in [-0.15, -0.1) is 0 Å². The van der Waals surface area contributed by atoms with Crippen LogP contribution in [-0.4, -0.2) is 18.1 Å². The molecule has 0 radical (unpaired) electrons. The van der Waals surface area contributed by atoms with E-state index >= 15 is 0 Å². The predicted molar refractivity (Wildman–Crippen MR) is 142 cm³/mol. The fourth-order valence-corrected chi connectivity index (χ4v) is 4.95. The summed E-state index contributed by atoms with van der Waals surface area (Å²) >= 11 is 0. The fraction of sp³-hybridized carbons (Fsp3) is 0.613. The number of benzene rings is 2. The van der Waals surface area contributed by atoms with Gasteiger partial charge in [0.1, 0.15) is 13.1 Å². The minimum Gasteiger partial charge on any atom is -1.00 e. The molecule has 0 saturated carbocycles. The molecule has 0 unspecified atom stereocenters. The second-order valence-corrected chi connectivity index (χ2v) is 10.2.